The molecule has 0 heterocycles. The summed E-state index contributed by atoms with van der Waals surface area (Å²) in [6, 6.07) is 14.7. The van der Waals surface area contributed by atoms with Gasteiger partial charge in [0.1, 0.15) is 0 Å². The van der Waals surface area contributed by atoms with Crippen molar-refractivity contribution in [1.29, 1.82) is 0 Å². The molecule has 1 atom stereocenters. The lowest BCUT2D eigenvalue weighted by molar-refractivity contribution is -0.133. The van der Waals surface area contributed by atoms with Crippen molar-refractivity contribution in [2.45, 2.75) is 12.5 Å². The molecule has 1 amide bonds. The lowest BCUT2D eigenvalue weighted by atomic mass is 9.85. The third-order valence-electron chi connectivity index (χ3n) is 3.26. The van der Waals surface area contributed by atoms with Gasteiger partial charge in [-0.05, 0) is 18.1 Å². The summed E-state index contributed by atoms with van der Waals surface area (Å²) in [6.45, 7) is 1.45. The van der Waals surface area contributed by atoms with E-state index >= 15 is 0 Å². The summed E-state index contributed by atoms with van der Waals surface area (Å²) in [7, 11) is 0. The average molecular weight is 269 g/mol. The van der Waals surface area contributed by atoms with Gasteiger partial charge in [0.05, 0.1) is 0 Å². The molecule has 2 rings (SSSR count). The van der Waals surface area contributed by atoms with E-state index in [9.17, 15) is 14.7 Å². The minimum atomic E-state index is -1.91. The first-order valence-corrected chi connectivity index (χ1v) is 6.15. The molecule has 1 unspecified atom stereocenters. The van der Waals surface area contributed by atoms with Crippen LogP contribution in [-0.2, 0) is 10.4 Å². The minimum absolute atomic E-state index is 0.0844. The second kappa shape index (κ2) is 5.27. The van der Waals surface area contributed by atoms with E-state index in [0.717, 1.165) is 0 Å². The van der Waals surface area contributed by atoms with Crippen molar-refractivity contribution < 1.29 is 14.7 Å². The molecular weight excluding hydrogens is 254 g/mol. The molecule has 4 heteroatoms. The van der Waals surface area contributed by atoms with Gasteiger partial charge in [0.15, 0.2) is 11.4 Å². The number of aliphatic hydroxyl groups is 1. The summed E-state index contributed by atoms with van der Waals surface area (Å²) in [5, 5.41) is 10.7. The Balaban J connectivity index is 2.54. The molecule has 2 aromatic carbocycles. The molecule has 20 heavy (non-hydrogen) atoms. The largest absolute Gasteiger partial charge is 0.372 e. The fourth-order valence-corrected chi connectivity index (χ4v) is 2.08. The van der Waals surface area contributed by atoms with E-state index in [1.54, 1.807) is 42.5 Å². The third kappa shape index (κ3) is 2.33. The van der Waals surface area contributed by atoms with E-state index in [-0.39, 0.29) is 5.78 Å². The Labute approximate surface area is 116 Å². The maximum absolute atomic E-state index is 11.7. The Morgan fingerprint density at radius 3 is 1.90 bits per heavy atom. The van der Waals surface area contributed by atoms with Gasteiger partial charge in [-0.3, -0.25) is 9.59 Å². The molecule has 0 spiro atoms. The molecule has 102 valence electrons. The van der Waals surface area contributed by atoms with Crippen LogP contribution in [0.15, 0.2) is 54.6 Å². The molecule has 0 fully saturated rings. The highest BCUT2D eigenvalue weighted by molar-refractivity contribution is 5.94. The van der Waals surface area contributed by atoms with Crippen molar-refractivity contribution in [3.63, 3.8) is 0 Å². The number of Topliss-reactive ketones (excluding diaryl/α,β-unsaturated/α-hetero) is 1. The summed E-state index contributed by atoms with van der Waals surface area (Å²) >= 11 is 0. The monoisotopic (exact) mass is 269 g/mol. The van der Waals surface area contributed by atoms with Crippen LogP contribution >= 0.6 is 0 Å². The van der Waals surface area contributed by atoms with Crippen LogP contribution in [0.4, 0.5) is 0 Å². The SMILES string of the molecule is CC(=O)c1ccc(C(O)(C(N)=O)c2ccccc2)cc1. The molecule has 0 aliphatic heterocycles. The van der Waals surface area contributed by atoms with Crippen molar-refractivity contribution in [1.82, 2.24) is 0 Å². The predicted molar refractivity (Wildman–Crippen MR) is 75.1 cm³/mol. The average Bonchev–Trinajstić information content (AvgIpc) is 2.47. The Hall–Kier alpha value is -2.46. The van der Waals surface area contributed by atoms with Gasteiger partial charge in [-0.2, -0.15) is 0 Å². The number of primary amides is 1. The van der Waals surface area contributed by atoms with Crippen LogP contribution in [0.5, 0.6) is 0 Å². The first-order valence-electron chi connectivity index (χ1n) is 6.15. The van der Waals surface area contributed by atoms with Gasteiger partial charge in [0, 0.05) is 5.56 Å². The topological polar surface area (TPSA) is 80.4 Å². The number of ketones is 1. The maximum Gasteiger partial charge on any atom is 0.258 e. The Bertz CT molecular complexity index is 635. The standard InChI is InChI=1S/C16H15NO3/c1-11(18)12-7-9-14(10-8-12)16(20,15(17)19)13-5-3-2-4-6-13/h2-10,20H,1H3,(H2,17,19). The zero-order valence-electron chi connectivity index (χ0n) is 11.0. The summed E-state index contributed by atoms with van der Waals surface area (Å²) in [5.41, 5.74) is 4.70. The highest BCUT2D eigenvalue weighted by Crippen LogP contribution is 2.29. The van der Waals surface area contributed by atoms with Crippen LogP contribution < -0.4 is 5.73 Å². The first kappa shape index (κ1) is 14.0. The number of rotatable bonds is 4. The third-order valence-corrected chi connectivity index (χ3v) is 3.26. The summed E-state index contributed by atoms with van der Waals surface area (Å²) in [5.74, 6) is -0.946. The van der Waals surface area contributed by atoms with Gasteiger partial charge in [-0.25, -0.2) is 0 Å². The van der Waals surface area contributed by atoms with E-state index < -0.39 is 11.5 Å². The van der Waals surface area contributed by atoms with Gasteiger partial charge in [0.2, 0.25) is 0 Å². The molecule has 0 bridgehead atoms. The van der Waals surface area contributed by atoms with Crippen LogP contribution in [0.2, 0.25) is 0 Å². The van der Waals surface area contributed by atoms with Crippen molar-refractivity contribution in [2.75, 3.05) is 0 Å². The molecule has 0 saturated heterocycles. The van der Waals surface area contributed by atoms with Crippen LogP contribution in [-0.4, -0.2) is 16.8 Å². The maximum atomic E-state index is 11.7. The number of amides is 1. The Morgan fingerprint density at radius 2 is 1.45 bits per heavy atom. The van der Waals surface area contributed by atoms with E-state index in [1.807, 2.05) is 0 Å². The van der Waals surface area contributed by atoms with Gasteiger partial charge >= 0.3 is 0 Å². The first-order chi connectivity index (χ1) is 9.46. The van der Waals surface area contributed by atoms with Gasteiger partial charge in [-0.1, -0.05) is 54.6 Å². The molecule has 2 aromatic rings. The zero-order chi connectivity index (χ0) is 14.8. The molecule has 0 aliphatic rings. The normalized spacial score (nSPS) is 13.5. The lowest BCUT2D eigenvalue weighted by Gasteiger charge is -2.25. The van der Waals surface area contributed by atoms with E-state index in [4.69, 9.17) is 5.73 Å². The molecule has 0 aromatic heterocycles. The molecule has 3 N–H and O–H groups in total. The number of hydrogen-bond acceptors (Lipinski definition) is 3. The quantitative estimate of drug-likeness (QED) is 0.827. The number of nitrogens with two attached hydrogens (primary N) is 1. The predicted octanol–water partition coefficient (Wildman–Crippen LogP) is 1.61. The van der Waals surface area contributed by atoms with Crippen molar-refractivity contribution >= 4 is 11.7 Å². The van der Waals surface area contributed by atoms with E-state index in [2.05, 4.69) is 0 Å². The van der Waals surface area contributed by atoms with Crippen LogP contribution in [0, 0.1) is 0 Å². The van der Waals surface area contributed by atoms with Crippen molar-refractivity contribution in [3.8, 4) is 0 Å². The smallest absolute Gasteiger partial charge is 0.258 e. The Morgan fingerprint density at radius 1 is 0.950 bits per heavy atom. The van der Waals surface area contributed by atoms with Crippen molar-refractivity contribution in [2.24, 2.45) is 5.73 Å². The molecule has 0 radical (unpaired) electrons. The lowest BCUT2D eigenvalue weighted by Crippen LogP contribution is -2.42. The number of hydrogen-bond donors (Lipinski definition) is 2. The fourth-order valence-electron chi connectivity index (χ4n) is 2.08. The van der Waals surface area contributed by atoms with Crippen LogP contribution in [0.25, 0.3) is 0 Å². The molecule has 0 saturated carbocycles. The van der Waals surface area contributed by atoms with Gasteiger partial charge in [-0.15, -0.1) is 0 Å². The Kier molecular flexibility index (Phi) is 3.68. The van der Waals surface area contributed by atoms with E-state index in [1.165, 1.54) is 19.1 Å². The van der Waals surface area contributed by atoms with Gasteiger partial charge in [0.25, 0.3) is 5.91 Å². The summed E-state index contributed by atoms with van der Waals surface area (Å²) < 4.78 is 0. The summed E-state index contributed by atoms with van der Waals surface area (Å²) in [6.07, 6.45) is 0. The molecular formula is C16H15NO3. The van der Waals surface area contributed by atoms with Gasteiger partial charge < -0.3 is 10.8 Å². The van der Waals surface area contributed by atoms with Crippen LogP contribution in [0.1, 0.15) is 28.4 Å². The molecule has 4 nitrogen and oxygen atoms in total. The number of carbonyl (C=O) groups is 2. The second-order valence-electron chi connectivity index (χ2n) is 4.57. The molecule has 0 aliphatic carbocycles. The minimum Gasteiger partial charge on any atom is -0.372 e. The van der Waals surface area contributed by atoms with E-state index in [0.29, 0.717) is 16.7 Å². The zero-order valence-corrected chi connectivity index (χ0v) is 11.0. The highest BCUT2D eigenvalue weighted by Gasteiger charge is 2.37. The number of benzene rings is 2. The second-order valence-corrected chi connectivity index (χ2v) is 4.57. The summed E-state index contributed by atoms with van der Waals surface area (Å²) in [4.78, 5) is 23.0. The van der Waals surface area contributed by atoms with Crippen molar-refractivity contribution in [3.05, 3.63) is 71.3 Å². The van der Waals surface area contributed by atoms with Crippen LogP contribution in [0.3, 0.4) is 0 Å². The highest BCUT2D eigenvalue weighted by atomic mass is 16.3. The number of carbonyl (C=O) groups excluding carboxylic acids is 2. The fraction of sp³-hybridized carbons (Fsp3) is 0.125.